The molecule has 2 amide bonds. The van der Waals surface area contributed by atoms with Crippen LogP contribution >= 0.6 is 0 Å². The Morgan fingerprint density at radius 2 is 1.70 bits per heavy atom. The first-order valence-electron chi connectivity index (χ1n) is 16.4. The number of aromatic nitrogens is 1. The van der Waals surface area contributed by atoms with E-state index < -0.39 is 16.1 Å². The SMILES string of the molecule is COc1cccc2c1C=C(C(=O)N1CC3CCC(C1)N3C)Cn1c-2c(C2CCCCC2)c2ccc(C(=O)NS(=O)(=O)N(C)C)cc21. The van der Waals surface area contributed by atoms with E-state index in [0.717, 1.165) is 70.6 Å². The molecule has 1 aromatic heterocycles. The number of ether oxygens (including phenoxy) is 1. The normalized spacial score (nSPS) is 21.9. The maximum absolute atomic E-state index is 14.4. The molecule has 0 spiro atoms. The number of carbonyl (C=O) groups is 2. The molecule has 11 heteroatoms. The van der Waals surface area contributed by atoms with Gasteiger partial charge in [0.05, 0.1) is 19.3 Å². The Labute approximate surface area is 271 Å². The number of piperazine rings is 1. The number of likely N-dealkylation sites (tertiary alicyclic amines) is 1. The van der Waals surface area contributed by atoms with Crippen LogP contribution < -0.4 is 9.46 Å². The van der Waals surface area contributed by atoms with Crippen molar-refractivity contribution in [2.24, 2.45) is 0 Å². The molecule has 1 saturated carbocycles. The van der Waals surface area contributed by atoms with Gasteiger partial charge in [0.15, 0.2) is 0 Å². The molecule has 4 heterocycles. The lowest BCUT2D eigenvalue weighted by atomic mass is 9.81. The van der Waals surface area contributed by atoms with Gasteiger partial charge in [-0.05, 0) is 68.5 Å². The molecule has 2 aromatic carbocycles. The van der Waals surface area contributed by atoms with Gasteiger partial charge in [0.2, 0.25) is 0 Å². The van der Waals surface area contributed by atoms with Crippen LogP contribution in [0, 0.1) is 0 Å². The van der Waals surface area contributed by atoms with Gasteiger partial charge in [0.1, 0.15) is 5.75 Å². The van der Waals surface area contributed by atoms with E-state index in [0.29, 0.717) is 49.0 Å². The first kappa shape index (κ1) is 31.0. The highest BCUT2D eigenvalue weighted by Crippen LogP contribution is 2.48. The lowest BCUT2D eigenvalue weighted by molar-refractivity contribution is -0.130. The first-order chi connectivity index (χ1) is 22.1. The Kier molecular flexibility index (Phi) is 7.97. The van der Waals surface area contributed by atoms with Crippen LogP contribution in [0.15, 0.2) is 42.0 Å². The molecule has 0 radical (unpaired) electrons. The zero-order chi connectivity index (χ0) is 32.3. The van der Waals surface area contributed by atoms with Crippen molar-refractivity contribution in [2.75, 3.05) is 41.3 Å². The van der Waals surface area contributed by atoms with Gasteiger partial charge in [0.25, 0.3) is 11.8 Å². The van der Waals surface area contributed by atoms with E-state index in [1.165, 1.54) is 26.1 Å². The molecule has 2 bridgehead atoms. The Morgan fingerprint density at radius 3 is 2.37 bits per heavy atom. The molecule has 10 nitrogen and oxygen atoms in total. The molecule has 2 atom stereocenters. The quantitative estimate of drug-likeness (QED) is 0.420. The number of fused-ring (bicyclic) bond motifs is 7. The maximum Gasteiger partial charge on any atom is 0.303 e. The molecule has 4 aliphatic rings. The zero-order valence-corrected chi connectivity index (χ0v) is 27.9. The van der Waals surface area contributed by atoms with E-state index in [4.69, 9.17) is 4.74 Å². The van der Waals surface area contributed by atoms with E-state index in [9.17, 15) is 18.0 Å². The predicted molar refractivity (Wildman–Crippen MR) is 179 cm³/mol. The summed E-state index contributed by atoms with van der Waals surface area (Å²) in [7, 11) is 2.62. The largest absolute Gasteiger partial charge is 0.496 e. The van der Waals surface area contributed by atoms with Crippen LogP contribution in [0.3, 0.4) is 0 Å². The van der Waals surface area contributed by atoms with E-state index in [-0.39, 0.29) is 11.5 Å². The lowest BCUT2D eigenvalue weighted by Gasteiger charge is -2.39. The topological polar surface area (TPSA) is 104 Å². The minimum Gasteiger partial charge on any atom is -0.496 e. The summed E-state index contributed by atoms with van der Waals surface area (Å²) in [6.45, 7) is 1.75. The van der Waals surface area contributed by atoms with Gasteiger partial charge in [-0.15, -0.1) is 0 Å². The van der Waals surface area contributed by atoms with Crippen molar-refractivity contribution >= 4 is 39.0 Å². The molecule has 3 fully saturated rings. The summed E-state index contributed by atoms with van der Waals surface area (Å²) < 4.78 is 36.3. The molecule has 46 heavy (non-hydrogen) atoms. The molecule has 2 saturated heterocycles. The highest BCUT2D eigenvalue weighted by Gasteiger charge is 2.40. The smallest absolute Gasteiger partial charge is 0.303 e. The molecule has 1 N–H and O–H groups in total. The predicted octanol–water partition coefficient (Wildman–Crippen LogP) is 4.60. The van der Waals surface area contributed by atoms with Gasteiger partial charge in [-0.1, -0.05) is 37.5 Å². The third-order valence-electron chi connectivity index (χ3n) is 10.7. The fourth-order valence-electron chi connectivity index (χ4n) is 8.12. The molecule has 7 rings (SSSR count). The second-order valence-electron chi connectivity index (χ2n) is 13.5. The number of nitrogens with one attached hydrogen (secondary N) is 1. The maximum atomic E-state index is 14.4. The fraction of sp³-hybridized carbons (Fsp3) is 0.486. The molecule has 3 aliphatic heterocycles. The standard InChI is InChI=1S/C35H43N5O5S/c1-37(2)46(43,44)36-34(41)23-13-16-28-30(18-23)40-19-24(35(42)39-20-25-14-15-26(21-39)38(25)3)17-29-27(11-8-12-31(29)45-4)33(40)32(28)22-9-6-5-7-10-22/h8,11-13,16-18,22,25-26H,5-7,9-10,14-15,19-21H2,1-4H3,(H,36,41). The molecular weight excluding hydrogens is 602 g/mol. The number of rotatable bonds is 6. The van der Waals surface area contributed by atoms with Crippen molar-refractivity contribution in [1.82, 2.24) is 23.4 Å². The van der Waals surface area contributed by atoms with Crippen molar-refractivity contribution in [3.8, 4) is 17.0 Å². The number of amides is 2. The van der Waals surface area contributed by atoms with Gasteiger partial charge < -0.3 is 14.2 Å². The third-order valence-corrected chi connectivity index (χ3v) is 12.1. The Bertz CT molecular complexity index is 1840. The van der Waals surface area contributed by atoms with Gasteiger partial charge >= 0.3 is 10.2 Å². The zero-order valence-electron chi connectivity index (χ0n) is 27.1. The van der Waals surface area contributed by atoms with E-state index in [1.54, 1.807) is 19.2 Å². The second kappa shape index (κ2) is 11.8. The third kappa shape index (κ3) is 5.22. The monoisotopic (exact) mass is 645 g/mol. The van der Waals surface area contributed by atoms with Crippen LogP contribution in [0.25, 0.3) is 28.2 Å². The van der Waals surface area contributed by atoms with Crippen LogP contribution in [-0.4, -0.2) is 92.3 Å². The summed E-state index contributed by atoms with van der Waals surface area (Å²) in [6, 6.07) is 12.2. The first-order valence-corrected chi connectivity index (χ1v) is 17.8. The van der Waals surface area contributed by atoms with Crippen LogP contribution in [0.2, 0.25) is 0 Å². The van der Waals surface area contributed by atoms with Crippen LogP contribution in [0.1, 0.15) is 72.3 Å². The van der Waals surface area contributed by atoms with Gasteiger partial charge in [-0.3, -0.25) is 14.5 Å². The number of nitrogens with zero attached hydrogens (tertiary/aromatic N) is 4. The summed E-state index contributed by atoms with van der Waals surface area (Å²) in [5, 5.41) is 1.04. The number of likely N-dealkylation sites (N-methyl/N-ethyl adjacent to an activating group) is 1. The Hall–Kier alpha value is -3.67. The van der Waals surface area contributed by atoms with Crippen LogP contribution in [0.4, 0.5) is 0 Å². The Morgan fingerprint density at radius 1 is 0.978 bits per heavy atom. The van der Waals surface area contributed by atoms with Gasteiger partial charge in [0, 0.05) is 72.4 Å². The minimum absolute atomic E-state index is 0.0294. The van der Waals surface area contributed by atoms with E-state index in [2.05, 4.69) is 27.3 Å². The van der Waals surface area contributed by atoms with Crippen molar-refractivity contribution in [3.63, 3.8) is 0 Å². The van der Waals surface area contributed by atoms with E-state index >= 15 is 0 Å². The van der Waals surface area contributed by atoms with Crippen molar-refractivity contribution in [2.45, 2.75) is 69.5 Å². The summed E-state index contributed by atoms with van der Waals surface area (Å²) in [5.41, 5.74) is 5.90. The van der Waals surface area contributed by atoms with Crippen molar-refractivity contribution in [3.05, 3.63) is 58.7 Å². The highest BCUT2D eigenvalue weighted by molar-refractivity contribution is 7.87. The Balaban J connectivity index is 1.41. The van der Waals surface area contributed by atoms with Crippen LogP contribution in [0.5, 0.6) is 5.75 Å². The molecular formula is C35H43N5O5S. The molecule has 3 aromatic rings. The highest BCUT2D eigenvalue weighted by atomic mass is 32.2. The second-order valence-corrected chi connectivity index (χ2v) is 15.4. The molecule has 244 valence electrons. The number of methoxy groups -OCH3 is 1. The number of benzene rings is 2. The number of hydrogen-bond acceptors (Lipinski definition) is 6. The summed E-state index contributed by atoms with van der Waals surface area (Å²) in [4.78, 5) is 32.2. The fourth-order valence-corrected chi connectivity index (χ4v) is 8.66. The lowest BCUT2D eigenvalue weighted by Crippen LogP contribution is -2.54. The van der Waals surface area contributed by atoms with Crippen LogP contribution in [-0.2, 0) is 21.5 Å². The summed E-state index contributed by atoms with van der Waals surface area (Å²) in [5.74, 6) is 0.372. The summed E-state index contributed by atoms with van der Waals surface area (Å²) >= 11 is 0. The molecule has 2 unspecified atom stereocenters. The van der Waals surface area contributed by atoms with E-state index in [1.807, 2.05) is 29.2 Å². The minimum atomic E-state index is -3.97. The average Bonchev–Trinajstić information content (AvgIpc) is 3.36. The van der Waals surface area contributed by atoms with Crippen molar-refractivity contribution < 1.29 is 22.7 Å². The molecule has 1 aliphatic carbocycles. The number of hydrogen-bond donors (Lipinski definition) is 1. The van der Waals surface area contributed by atoms with Gasteiger partial charge in [-0.2, -0.15) is 12.7 Å². The van der Waals surface area contributed by atoms with Crippen molar-refractivity contribution in [1.29, 1.82) is 0 Å². The van der Waals surface area contributed by atoms with Gasteiger partial charge in [-0.25, -0.2) is 4.72 Å². The summed E-state index contributed by atoms with van der Waals surface area (Å²) in [6.07, 6.45) is 9.87. The average molecular weight is 646 g/mol. The number of carbonyl (C=O) groups excluding carboxylic acids is 2.